The Hall–Kier alpha value is -0.500. The highest BCUT2D eigenvalue weighted by Gasteiger charge is 2.46. The molecular formula is C14H26O6. The zero-order chi connectivity index (χ0) is 15.0. The molecule has 1 aliphatic heterocycles. The lowest BCUT2D eigenvalue weighted by Gasteiger charge is -2.18. The van der Waals surface area contributed by atoms with Gasteiger partial charge in [-0.2, -0.15) is 0 Å². The van der Waals surface area contributed by atoms with Crippen molar-refractivity contribution in [2.24, 2.45) is 0 Å². The molecule has 0 saturated carbocycles. The summed E-state index contributed by atoms with van der Waals surface area (Å²) >= 11 is 0. The van der Waals surface area contributed by atoms with Gasteiger partial charge in [-0.1, -0.05) is 31.9 Å². The van der Waals surface area contributed by atoms with E-state index >= 15 is 0 Å². The van der Waals surface area contributed by atoms with Gasteiger partial charge in [-0.3, -0.25) is 0 Å². The first-order valence-electron chi connectivity index (χ1n) is 7.19. The Balaban J connectivity index is 2.27. The molecule has 0 aromatic heterocycles. The second-order valence-electron chi connectivity index (χ2n) is 5.00. The van der Waals surface area contributed by atoms with Crippen LogP contribution in [0.2, 0.25) is 0 Å². The SMILES string of the molecule is CCCCC/C=C/CO[C@@H]1O[C@H]([C@H](O)CO)[C@H](O)[C@H]1O. The van der Waals surface area contributed by atoms with Crippen LogP contribution >= 0.6 is 0 Å². The molecule has 0 aromatic carbocycles. The van der Waals surface area contributed by atoms with Gasteiger partial charge in [0.05, 0.1) is 13.2 Å². The minimum atomic E-state index is -1.27. The summed E-state index contributed by atoms with van der Waals surface area (Å²) < 4.78 is 10.5. The predicted molar refractivity (Wildman–Crippen MR) is 73.0 cm³/mol. The van der Waals surface area contributed by atoms with Crippen molar-refractivity contribution >= 4 is 0 Å². The van der Waals surface area contributed by atoms with E-state index in [1.54, 1.807) is 0 Å². The normalized spacial score (nSPS) is 32.0. The standard InChI is InChI=1S/C14H26O6/c1-2-3-4-5-6-7-8-19-14-12(18)11(17)13(20-14)10(16)9-15/h6-7,10-18H,2-5,8-9H2,1H3/b7-6+/t10-,11-,12-,13-,14-/m1/s1. The van der Waals surface area contributed by atoms with Gasteiger partial charge in [0, 0.05) is 0 Å². The first-order chi connectivity index (χ1) is 9.61. The Morgan fingerprint density at radius 3 is 2.60 bits per heavy atom. The highest BCUT2D eigenvalue weighted by molar-refractivity contribution is 4.91. The van der Waals surface area contributed by atoms with Crippen molar-refractivity contribution in [3.8, 4) is 0 Å². The number of ether oxygens (including phenoxy) is 2. The quantitative estimate of drug-likeness (QED) is 0.351. The summed E-state index contributed by atoms with van der Waals surface area (Å²) in [5, 5.41) is 37.7. The average Bonchev–Trinajstić information content (AvgIpc) is 2.74. The summed E-state index contributed by atoms with van der Waals surface area (Å²) in [6.07, 6.45) is 2.59. The molecule has 0 bridgehead atoms. The zero-order valence-electron chi connectivity index (χ0n) is 11.9. The topological polar surface area (TPSA) is 99.4 Å². The molecule has 0 unspecified atom stereocenters. The van der Waals surface area contributed by atoms with Crippen molar-refractivity contribution in [3.63, 3.8) is 0 Å². The molecule has 0 aliphatic carbocycles. The Morgan fingerprint density at radius 1 is 1.20 bits per heavy atom. The van der Waals surface area contributed by atoms with Gasteiger partial charge in [0.2, 0.25) is 0 Å². The molecule has 20 heavy (non-hydrogen) atoms. The van der Waals surface area contributed by atoms with Crippen LogP contribution in [0.4, 0.5) is 0 Å². The van der Waals surface area contributed by atoms with E-state index < -0.39 is 37.3 Å². The summed E-state index contributed by atoms with van der Waals surface area (Å²) in [5.74, 6) is 0. The molecule has 1 aliphatic rings. The second kappa shape index (κ2) is 9.44. The summed E-state index contributed by atoms with van der Waals surface area (Å²) in [5.41, 5.74) is 0. The van der Waals surface area contributed by atoms with Gasteiger partial charge < -0.3 is 29.9 Å². The molecule has 6 nitrogen and oxygen atoms in total. The first-order valence-corrected chi connectivity index (χ1v) is 7.19. The van der Waals surface area contributed by atoms with E-state index in [4.69, 9.17) is 14.6 Å². The van der Waals surface area contributed by atoms with Gasteiger partial charge in [0.25, 0.3) is 0 Å². The molecule has 0 amide bonds. The Morgan fingerprint density at radius 2 is 1.95 bits per heavy atom. The van der Waals surface area contributed by atoms with E-state index in [-0.39, 0.29) is 6.61 Å². The fourth-order valence-electron chi connectivity index (χ4n) is 2.08. The molecule has 1 heterocycles. The smallest absolute Gasteiger partial charge is 0.187 e. The lowest BCUT2D eigenvalue weighted by molar-refractivity contribution is -0.175. The van der Waals surface area contributed by atoms with Gasteiger partial charge in [0.15, 0.2) is 6.29 Å². The van der Waals surface area contributed by atoms with E-state index in [1.165, 1.54) is 12.8 Å². The van der Waals surface area contributed by atoms with E-state index in [0.29, 0.717) is 0 Å². The molecule has 1 rings (SSSR count). The van der Waals surface area contributed by atoms with Crippen LogP contribution in [0.25, 0.3) is 0 Å². The second-order valence-corrected chi connectivity index (χ2v) is 5.00. The zero-order valence-corrected chi connectivity index (χ0v) is 11.9. The third kappa shape index (κ3) is 5.12. The van der Waals surface area contributed by atoms with E-state index in [2.05, 4.69) is 6.92 Å². The third-order valence-corrected chi connectivity index (χ3v) is 3.32. The monoisotopic (exact) mass is 290 g/mol. The van der Waals surface area contributed by atoms with Crippen molar-refractivity contribution in [1.82, 2.24) is 0 Å². The van der Waals surface area contributed by atoms with Crippen LogP contribution in [0.3, 0.4) is 0 Å². The molecule has 0 spiro atoms. The lowest BCUT2D eigenvalue weighted by Crippen LogP contribution is -2.40. The van der Waals surface area contributed by atoms with Crippen molar-refractivity contribution in [3.05, 3.63) is 12.2 Å². The minimum absolute atomic E-state index is 0.266. The Kier molecular flexibility index (Phi) is 8.28. The molecule has 118 valence electrons. The number of hydrogen-bond donors (Lipinski definition) is 4. The highest BCUT2D eigenvalue weighted by Crippen LogP contribution is 2.24. The molecule has 6 heteroatoms. The van der Waals surface area contributed by atoms with Crippen molar-refractivity contribution < 1.29 is 29.9 Å². The maximum atomic E-state index is 9.73. The van der Waals surface area contributed by atoms with Crippen LogP contribution in [0.15, 0.2) is 12.2 Å². The molecule has 0 radical (unpaired) electrons. The number of aliphatic hydroxyl groups is 4. The number of allylic oxidation sites excluding steroid dienone is 1. The maximum absolute atomic E-state index is 9.73. The summed E-state index contributed by atoms with van der Waals surface area (Å²) in [6, 6.07) is 0. The predicted octanol–water partition coefficient (Wildman–Crippen LogP) is -0.0606. The largest absolute Gasteiger partial charge is 0.394 e. The van der Waals surface area contributed by atoms with Crippen LogP contribution in [0, 0.1) is 0 Å². The van der Waals surface area contributed by atoms with Crippen molar-refractivity contribution in [2.75, 3.05) is 13.2 Å². The first kappa shape index (κ1) is 17.6. The maximum Gasteiger partial charge on any atom is 0.187 e. The third-order valence-electron chi connectivity index (χ3n) is 3.32. The molecule has 5 atom stereocenters. The van der Waals surface area contributed by atoms with Gasteiger partial charge in [0.1, 0.15) is 24.4 Å². The summed E-state index contributed by atoms with van der Waals surface area (Å²) in [6.45, 7) is 1.87. The fourth-order valence-corrected chi connectivity index (χ4v) is 2.08. The van der Waals surface area contributed by atoms with Crippen LogP contribution in [0.5, 0.6) is 0 Å². The lowest BCUT2D eigenvalue weighted by atomic mass is 10.1. The molecule has 1 fully saturated rings. The van der Waals surface area contributed by atoms with E-state index in [0.717, 1.165) is 12.8 Å². The number of unbranched alkanes of at least 4 members (excludes halogenated alkanes) is 3. The Labute approximate surface area is 119 Å². The minimum Gasteiger partial charge on any atom is -0.394 e. The average molecular weight is 290 g/mol. The van der Waals surface area contributed by atoms with Gasteiger partial charge >= 0.3 is 0 Å². The van der Waals surface area contributed by atoms with Gasteiger partial charge in [-0.25, -0.2) is 0 Å². The van der Waals surface area contributed by atoms with Gasteiger partial charge in [-0.05, 0) is 12.8 Å². The molecular weight excluding hydrogens is 264 g/mol. The summed E-state index contributed by atoms with van der Waals surface area (Å²) in [4.78, 5) is 0. The number of aliphatic hydroxyl groups excluding tert-OH is 4. The number of rotatable bonds is 9. The molecule has 1 saturated heterocycles. The summed E-state index contributed by atoms with van der Waals surface area (Å²) in [7, 11) is 0. The molecule has 4 N–H and O–H groups in total. The van der Waals surface area contributed by atoms with Crippen molar-refractivity contribution in [2.45, 2.75) is 63.3 Å². The van der Waals surface area contributed by atoms with Crippen LogP contribution in [-0.2, 0) is 9.47 Å². The van der Waals surface area contributed by atoms with E-state index in [1.807, 2.05) is 12.2 Å². The fraction of sp³-hybridized carbons (Fsp3) is 0.857. The highest BCUT2D eigenvalue weighted by atomic mass is 16.7. The van der Waals surface area contributed by atoms with Gasteiger partial charge in [-0.15, -0.1) is 0 Å². The number of hydrogen-bond acceptors (Lipinski definition) is 6. The van der Waals surface area contributed by atoms with Crippen LogP contribution < -0.4 is 0 Å². The Bertz CT molecular complexity index is 283. The van der Waals surface area contributed by atoms with E-state index in [9.17, 15) is 15.3 Å². The van der Waals surface area contributed by atoms with Crippen molar-refractivity contribution in [1.29, 1.82) is 0 Å². The molecule has 0 aromatic rings. The van der Waals surface area contributed by atoms with Crippen LogP contribution in [0.1, 0.15) is 32.6 Å². The van der Waals surface area contributed by atoms with Crippen LogP contribution in [-0.4, -0.2) is 64.3 Å².